The van der Waals surface area contributed by atoms with E-state index in [1.165, 1.54) is 10.6 Å². The van der Waals surface area contributed by atoms with Gasteiger partial charge in [-0.3, -0.25) is 0 Å². The number of hydrogen-bond donors (Lipinski definition) is 0. The van der Waals surface area contributed by atoms with Gasteiger partial charge in [0.05, 0.1) is 0 Å². The average molecular weight is 219 g/mol. The van der Waals surface area contributed by atoms with Gasteiger partial charge in [0.1, 0.15) is 0 Å². The standard InChI is InChI=1S/C13H19N.C2H6/c1-5-7-8-13-12(6-2)9-10-14(13)11(3)4;1-2/h5-11H,1-4H3;1-2H3/b7-5-,12-6-,13-8+;. The Morgan fingerprint density at radius 3 is 2.25 bits per heavy atom. The smallest absolute Gasteiger partial charge is 0.0479 e. The Kier molecular flexibility index (Phi) is 7.36. The Bertz CT molecular complexity index is 419. The van der Waals surface area contributed by atoms with Gasteiger partial charge in [-0.25, -0.2) is 0 Å². The van der Waals surface area contributed by atoms with Crippen molar-refractivity contribution in [3.63, 3.8) is 0 Å². The molecule has 1 aromatic rings. The van der Waals surface area contributed by atoms with Gasteiger partial charge in [-0.1, -0.05) is 32.1 Å². The Balaban J connectivity index is 0.00000106. The molecule has 0 N–H and O–H groups in total. The fraction of sp³-hybridized carbons (Fsp3) is 0.467. The molecule has 0 saturated carbocycles. The third-order valence-electron chi connectivity index (χ3n) is 2.30. The lowest BCUT2D eigenvalue weighted by Gasteiger charge is -2.06. The molecule has 0 aromatic carbocycles. The number of rotatable bonds is 2. The first-order valence-corrected chi connectivity index (χ1v) is 6.17. The molecule has 0 atom stereocenters. The van der Waals surface area contributed by atoms with Crippen LogP contribution in [0.25, 0.3) is 12.2 Å². The second-order valence-corrected chi connectivity index (χ2v) is 3.64. The molecule has 0 fully saturated rings. The van der Waals surface area contributed by atoms with E-state index in [4.69, 9.17) is 0 Å². The zero-order valence-electron chi connectivity index (χ0n) is 11.5. The molecule has 16 heavy (non-hydrogen) atoms. The molecule has 0 spiro atoms. The van der Waals surface area contributed by atoms with Crippen molar-refractivity contribution in [1.82, 2.24) is 4.57 Å². The molecule has 1 heterocycles. The first-order valence-electron chi connectivity index (χ1n) is 6.17. The van der Waals surface area contributed by atoms with Gasteiger partial charge in [-0.05, 0) is 45.1 Å². The highest BCUT2D eigenvalue weighted by atomic mass is 15.0. The lowest BCUT2D eigenvalue weighted by atomic mass is 10.3. The minimum Gasteiger partial charge on any atom is -0.345 e. The number of nitrogens with zero attached hydrogens (tertiary/aromatic N) is 1. The molecule has 0 unspecified atom stereocenters. The molecule has 0 amide bonds. The van der Waals surface area contributed by atoms with Gasteiger partial charge < -0.3 is 4.57 Å². The van der Waals surface area contributed by atoms with Crippen LogP contribution in [0, 0.1) is 0 Å². The van der Waals surface area contributed by atoms with E-state index >= 15 is 0 Å². The Hall–Kier alpha value is -1.24. The van der Waals surface area contributed by atoms with Gasteiger partial charge in [-0.15, -0.1) is 0 Å². The maximum absolute atomic E-state index is 2.29. The average Bonchev–Trinajstić information content (AvgIpc) is 2.71. The second-order valence-electron chi connectivity index (χ2n) is 3.64. The highest BCUT2D eigenvalue weighted by Crippen LogP contribution is 1.96. The molecule has 0 aliphatic rings. The van der Waals surface area contributed by atoms with Crippen LogP contribution in [-0.4, -0.2) is 4.57 Å². The molecular formula is C15H25N. The first-order chi connectivity index (χ1) is 7.70. The summed E-state index contributed by atoms with van der Waals surface area (Å²) in [5, 5.41) is 2.59. The summed E-state index contributed by atoms with van der Waals surface area (Å²) in [4.78, 5) is 0. The Morgan fingerprint density at radius 2 is 1.81 bits per heavy atom. The highest BCUT2D eigenvalue weighted by molar-refractivity contribution is 5.37. The topological polar surface area (TPSA) is 4.93 Å². The van der Waals surface area contributed by atoms with E-state index < -0.39 is 0 Å². The summed E-state index contributed by atoms with van der Waals surface area (Å²) >= 11 is 0. The predicted molar refractivity (Wildman–Crippen MR) is 74.8 cm³/mol. The number of hydrogen-bond acceptors (Lipinski definition) is 0. The normalized spacial score (nSPS) is 13.4. The quantitative estimate of drug-likeness (QED) is 0.719. The largest absolute Gasteiger partial charge is 0.345 e. The van der Waals surface area contributed by atoms with Crippen molar-refractivity contribution in [2.45, 2.75) is 47.6 Å². The highest BCUT2D eigenvalue weighted by Gasteiger charge is 1.98. The third kappa shape index (κ3) is 3.73. The minimum absolute atomic E-state index is 0.514. The summed E-state index contributed by atoms with van der Waals surface area (Å²) in [6.45, 7) is 12.5. The predicted octanol–water partition coefficient (Wildman–Crippen LogP) is 3.25. The maximum Gasteiger partial charge on any atom is 0.0479 e. The third-order valence-corrected chi connectivity index (χ3v) is 2.30. The van der Waals surface area contributed by atoms with Crippen molar-refractivity contribution in [3.8, 4) is 0 Å². The van der Waals surface area contributed by atoms with Gasteiger partial charge in [0.15, 0.2) is 0 Å². The van der Waals surface area contributed by atoms with E-state index in [-0.39, 0.29) is 0 Å². The zero-order valence-corrected chi connectivity index (χ0v) is 11.5. The SMILES string of the molecule is CC.C\C=C/C=c1\c(=C/C)ccn1C(C)C. The van der Waals surface area contributed by atoms with Crippen molar-refractivity contribution >= 4 is 12.2 Å². The summed E-state index contributed by atoms with van der Waals surface area (Å²) in [7, 11) is 0. The van der Waals surface area contributed by atoms with Crippen molar-refractivity contribution in [3.05, 3.63) is 35.0 Å². The molecule has 1 rings (SSSR count). The molecular weight excluding hydrogens is 194 g/mol. The van der Waals surface area contributed by atoms with Gasteiger partial charge in [0.2, 0.25) is 0 Å². The van der Waals surface area contributed by atoms with Crippen LogP contribution in [0.15, 0.2) is 24.4 Å². The van der Waals surface area contributed by atoms with Crippen LogP contribution in [0.5, 0.6) is 0 Å². The van der Waals surface area contributed by atoms with Crippen molar-refractivity contribution in [1.29, 1.82) is 0 Å². The molecule has 1 nitrogen and oxygen atoms in total. The molecule has 0 aliphatic carbocycles. The van der Waals surface area contributed by atoms with E-state index in [0.29, 0.717) is 6.04 Å². The van der Waals surface area contributed by atoms with E-state index in [1.54, 1.807) is 0 Å². The van der Waals surface area contributed by atoms with Crippen molar-refractivity contribution < 1.29 is 0 Å². The van der Waals surface area contributed by atoms with Crippen LogP contribution in [-0.2, 0) is 0 Å². The second kappa shape index (κ2) is 7.98. The van der Waals surface area contributed by atoms with E-state index in [0.717, 1.165) is 0 Å². The Morgan fingerprint density at radius 1 is 1.19 bits per heavy atom. The zero-order chi connectivity index (χ0) is 12.6. The molecule has 90 valence electrons. The molecule has 1 aromatic heterocycles. The van der Waals surface area contributed by atoms with E-state index in [2.05, 4.69) is 61.9 Å². The fourth-order valence-electron chi connectivity index (χ4n) is 1.54. The Labute approximate surface area is 99.8 Å². The van der Waals surface area contributed by atoms with Crippen LogP contribution in [0.1, 0.15) is 47.6 Å². The summed E-state index contributed by atoms with van der Waals surface area (Å²) in [6, 6.07) is 2.68. The van der Waals surface area contributed by atoms with Crippen LogP contribution in [0.3, 0.4) is 0 Å². The molecule has 0 radical (unpaired) electrons. The summed E-state index contributed by atoms with van der Waals surface area (Å²) in [5.74, 6) is 0. The summed E-state index contributed by atoms with van der Waals surface area (Å²) in [5.41, 5.74) is 0. The first kappa shape index (κ1) is 14.8. The van der Waals surface area contributed by atoms with E-state index in [1.807, 2.05) is 20.8 Å². The van der Waals surface area contributed by atoms with Crippen LogP contribution >= 0.6 is 0 Å². The van der Waals surface area contributed by atoms with Gasteiger partial charge in [-0.2, -0.15) is 0 Å². The van der Waals surface area contributed by atoms with Crippen LogP contribution in [0.4, 0.5) is 0 Å². The van der Waals surface area contributed by atoms with Crippen molar-refractivity contribution in [2.24, 2.45) is 0 Å². The lowest BCUT2D eigenvalue weighted by molar-refractivity contribution is 0.588. The minimum atomic E-state index is 0.514. The number of allylic oxidation sites excluding steroid dienone is 2. The molecule has 0 bridgehead atoms. The van der Waals surface area contributed by atoms with E-state index in [9.17, 15) is 0 Å². The number of aromatic nitrogens is 1. The van der Waals surface area contributed by atoms with Gasteiger partial charge >= 0.3 is 0 Å². The monoisotopic (exact) mass is 219 g/mol. The van der Waals surface area contributed by atoms with Crippen LogP contribution in [0.2, 0.25) is 0 Å². The van der Waals surface area contributed by atoms with Crippen molar-refractivity contribution in [2.75, 3.05) is 0 Å². The molecule has 0 aliphatic heterocycles. The summed E-state index contributed by atoms with van der Waals surface area (Å²) < 4.78 is 2.29. The molecule has 1 heteroatoms. The maximum atomic E-state index is 2.29. The van der Waals surface area contributed by atoms with Gasteiger partial charge in [0.25, 0.3) is 0 Å². The fourth-order valence-corrected chi connectivity index (χ4v) is 1.54. The van der Waals surface area contributed by atoms with Crippen LogP contribution < -0.4 is 10.6 Å². The summed E-state index contributed by atoms with van der Waals surface area (Å²) in [6.07, 6.45) is 10.6. The molecule has 0 saturated heterocycles. The lowest BCUT2D eigenvalue weighted by Crippen LogP contribution is -2.29. The van der Waals surface area contributed by atoms with Gasteiger partial charge in [0, 0.05) is 17.6 Å².